The van der Waals surface area contributed by atoms with Crippen LogP contribution in [-0.2, 0) is 0 Å². The van der Waals surface area contributed by atoms with Crippen LogP contribution in [0, 0.1) is 0 Å². The number of nitrogens with zero attached hydrogens (tertiary/aromatic N) is 3. The fourth-order valence-electron chi connectivity index (χ4n) is 7.42. The van der Waals surface area contributed by atoms with E-state index in [9.17, 15) is 0 Å². The van der Waals surface area contributed by atoms with E-state index in [4.69, 9.17) is 19.4 Å². The summed E-state index contributed by atoms with van der Waals surface area (Å²) in [5.74, 6) is 1.53. The first-order chi connectivity index (χ1) is 27.3. The van der Waals surface area contributed by atoms with Crippen LogP contribution in [0.2, 0.25) is 0 Å². The third kappa shape index (κ3) is 6.06. The first-order valence-corrected chi connectivity index (χ1v) is 18.4. The Labute approximate surface area is 319 Å². The fourth-order valence-corrected chi connectivity index (χ4v) is 7.42. The molecule has 4 heteroatoms. The zero-order chi connectivity index (χ0) is 36.6. The maximum Gasteiger partial charge on any atom is 0.160 e. The molecule has 10 rings (SSSR count). The quantitative estimate of drug-likeness (QED) is 0.166. The first-order valence-electron chi connectivity index (χ1n) is 18.4. The highest BCUT2D eigenvalue weighted by atomic mass is 16.3. The van der Waals surface area contributed by atoms with Crippen LogP contribution in [0.15, 0.2) is 205 Å². The number of hydrogen-bond donors (Lipinski definition) is 0. The Kier molecular flexibility index (Phi) is 8.12. The minimum Gasteiger partial charge on any atom is -0.455 e. The van der Waals surface area contributed by atoms with E-state index in [1.54, 1.807) is 0 Å². The van der Waals surface area contributed by atoms with Crippen LogP contribution in [-0.4, -0.2) is 15.0 Å². The van der Waals surface area contributed by atoms with Crippen LogP contribution in [0.4, 0.5) is 0 Å². The summed E-state index contributed by atoms with van der Waals surface area (Å²) in [7, 11) is 0. The lowest BCUT2D eigenvalue weighted by Gasteiger charge is -2.12. The Morgan fingerprint density at radius 1 is 0.345 bits per heavy atom. The van der Waals surface area contributed by atoms with Gasteiger partial charge in [-0.25, -0.2) is 15.0 Å². The summed E-state index contributed by atoms with van der Waals surface area (Å²) >= 11 is 0. The van der Waals surface area contributed by atoms with Crippen molar-refractivity contribution in [1.29, 1.82) is 0 Å². The molecule has 0 aliphatic carbocycles. The summed E-state index contributed by atoms with van der Waals surface area (Å²) < 4.78 is 6.98. The van der Waals surface area contributed by atoms with E-state index in [1.165, 1.54) is 0 Å². The van der Waals surface area contributed by atoms with Gasteiger partial charge >= 0.3 is 0 Å². The maximum atomic E-state index is 6.98. The molecule has 0 fully saturated rings. The molecule has 3 heterocycles. The highest BCUT2D eigenvalue weighted by Gasteiger charge is 2.24. The van der Waals surface area contributed by atoms with Crippen molar-refractivity contribution in [2.45, 2.75) is 0 Å². The molecule has 0 bridgehead atoms. The zero-order valence-corrected chi connectivity index (χ0v) is 29.8. The topological polar surface area (TPSA) is 51.8 Å². The normalized spacial score (nSPS) is 11.3. The van der Waals surface area contributed by atoms with Gasteiger partial charge in [0, 0.05) is 38.8 Å². The minimum atomic E-state index is 0.693. The fraction of sp³-hybridized carbons (Fsp3) is 0. The van der Waals surface area contributed by atoms with Crippen molar-refractivity contribution in [3.8, 4) is 78.7 Å². The van der Waals surface area contributed by atoms with Crippen molar-refractivity contribution in [2.24, 2.45) is 0 Å². The second-order valence-electron chi connectivity index (χ2n) is 13.6. The summed E-state index contributed by atoms with van der Waals surface area (Å²) in [4.78, 5) is 15.5. The van der Waals surface area contributed by atoms with Gasteiger partial charge < -0.3 is 4.42 Å². The van der Waals surface area contributed by atoms with Crippen LogP contribution in [0.1, 0.15) is 0 Å². The van der Waals surface area contributed by atoms with Crippen LogP contribution < -0.4 is 0 Å². The molecule has 0 unspecified atom stereocenters. The molecule has 7 aromatic carbocycles. The Bertz CT molecular complexity index is 2890. The molecular formula is C51H33N3O. The zero-order valence-electron chi connectivity index (χ0n) is 29.8. The molecule has 0 radical (unpaired) electrons. The Morgan fingerprint density at radius 2 is 0.855 bits per heavy atom. The van der Waals surface area contributed by atoms with E-state index in [-0.39, 0.29) is 0 Å². The van der Waals surface area contributed by atoms with Crippen LogP contribution in [0.25, 0.3) is 101 Å². The molecule has 0 aliphatic heterocycles. The first kappa shape index (κ1) is 32.2. The highest BCUT2D eigenvalue weighted by Crippen LogP contribution is 2.47. The Hall–Kier alpha value is -7.43. The summed E-state index contributed by atoms with van der Waals surface area (Å²) in [6.45, 7) is 0. The van der Waals surface area contributed by atoms with E-state index in [0.29, 0.717) is 5.82 Å². The van der Waals surface area contributed by atoms with Crippen molar-refractivity contribution in [3.05, 3.63) is 200 Å². The molecule has 55 heavy (non-hydrogen) atoms. The van der Waals surface area contributed by atoms with Gasteiger partial charge in [0.2, 0.25) is 0 Å². The van der Waals surface area contributed by atoms with Gasteiger partial charge in [0.1, 0.15) is 11.3 Å². The summed E-state index contributed by atoms with van der Waals surface area (Å²) in [5.41, 5.74) is 13.7. The smallest absolute Gasteiger partial charge is 0.160 e. The maximum absolute atomic E-state index is 6.98. The van der Waals surface area contributed by atoms with E-state index >= 15 is 0 Å². The molecule has 0 N–H and O–H groups in total. The molecule has 0 spiro atoms. The number of hydrogen-bond acceptors (Lipinski definition) is 4. The Morgan fingerprint density at radius 3 is 1.51 bits per heavy atom. The molecule has 258 valence electrons. The molecule has 0 saturated carbocycles. The van der Waals surface area contributed by atoms with Crippen LogP contribution >= 0.6 is 0 Å². The van der Waals surface area contributed by atoms with E-state index in [1.807, 2.05) is 54.6 Å². The monoisotopic (exact) mass is 703 g/mol. The van der Waals surface area contributed by atoms with Crippen molar-refractivity contribution in [1.82, 2.24) is 15.0 Å². The molecule has 0 aliphatic rings. The van der Waals surface area contributed by atoms with Crippen molar-refractivity contribution in [3.63, 3.8) is 0 Å². The lowest BCUT2D eigenvalue weighted by molar-refractivity contribution is 0.636. The third-order valence-corrected chi connectivity index (χ3v) is 10.1. The van der Waals surface area contributed by atoms with Gasteiger partial charge in [-0.2, -0.15) is 0 Å². The standard InChI is InChI=1S/C51H33N3O/c1-6-17-34(18-7-1)43-33-44(54-51(53-43)38-25-14-5-15-26-38)41-28-16-27-39(31-41)40-29-30-42-45(32-40)52-48(36-21-10-3-11-22-36)47-46(35-19-8-2-9-20-35)49(55-50(42)47)37-23-12-4-13-24-37/h1-33H. The summed E-state index contributed by atoms with van der Waals surface area (Å²) in [6.07, 6.45) is 0. The van der Waals surface area contributed by atoms with E-state index in [0.717, 1.165) is 94.8 Å². The minimum absolute atomic E-state index is 0.693. The number of benzene rings is 7. The molecule has 0 saturated heterocycles. The van der Waals surface area contributed by atoms with Crippen molar-refractivity contribution < 1.29 is 4.42 Å². The van der Waals surface area contributed by atoms with Gasteiger partial charge in [-0.1, -0.05) is 176 Å². The van der Waals surface area contributed by atoms with Crippen LogP contribution in [0.5, 0.6) is 0 Å². The second kappa shape index (κ2) is 13.8. The SMILES string of the molecule is c1ccc(-c2cc(-c3cccc(-c4ccc5c(c4)nc(-c4ccccc4)c4c(-c6ccccc6)c(-c6ccccc6)oc45)c3)nc(-c3ccccc3)n2)cc1. The number of fused-ring (bicyclic) bond motifs is 3. The largest absolute Gasteiger partial charge is 0.455 e. The number of aromatic nitrogens is 3. The Balaban J connectivity index is 1.15. The van der Waals surface area contributed by atoms with Crippen molar-refractivity contribution in [2.75, 3.05) is 0 Å². The summed E-state index contributed by atoms with van der Waals surface area (Å²) in [5, 5.41) is 1.97. The van der Waals surface area contributed by atoms with Gasteiger partial charge in [-0.3, -0.25) is 0 Å². The molecule has 4 nitrogen and oxygen atoms in total. The predicted octanol–water partition coefficient (Wildman–Crippen LogP) is 13.4. The van der Waals surface area contributed by atoms with E-state index in [2.05, 4.69) is 146 Å². The molecular weight excluding hydrogens is 671 g/mol. The van der Waals surface area contributed by atoms with Gasteiger partial charge in [0.05, 0.1) is 28.0 Å². The molecule has 3 aromatic heterocycles. The molecule has 10 aromatic rings. The number of pyridine rings is 1. The van der Waals surface area contributed by atoms with Gasteiger partial charge in [0.15, 0.2) is 5.82 Å². The summed E-state index contributed by atoms with van der Waals surface area (Å²) in [6, 6.07) is 68.9. The predicted molar refractivity (Wildman–Crippen MR) is 225 cm³/mol. The lowest BCUT2D eigenvalue weighted by atomic mass is 9.94. The van der Waals surface area contributed by atoms with Gasteiger partial charge in [0.25, 0.3) is 0 Å². The molecule has 0 amide bonds. The van der Waals surface area contributed by atoms with Crippen molar-refractivity contribution >= 4 is 21.9 Å². The second-order valence-corrected chi connectivity index (χ2v) is 13.6. The lowest BCUT2D eigenvalue weighted by Crippen LogP contribution is -1.96. The van der Waals surface area contributed by atoms with Crippen LogP contribution in [0.3, 0.4) is 0 Å². The third-order valence-electron chi connectivity index (χ3n) is 10.1. The number of rotatable bonds is 7. The number of furan rings is 1. The molecule has 0 atom stereocenters. The van der Waals surface area contributed by atoms with E-state index < -0.39 is 0 Å². The average Bonchev–Trinajstić information content (AvgIpc) is 3.68. The average molecular weight is 704 g/mol. The highest BCUT2D eigenvalue weighted by molar-refractivity contribution is 6.17. The van der Waals surface area contributed by atoms with Gasteiger partial charge in [-0.15, -0.1) is 0 Å². The van der Waals surface area contributed by atoms with Gasteiger partial charge in [-0.05, 0) is 41.0 Å².